The number of pyridine rings is 2. The molecular weight excluding hydrogens is 1040 g/mol. The van der Waals surface area contributed by atoms with Crippen molar-refractivity contribution in [3.05, 3.63) is 155 Å². The van der Waals surface area contributed by atoms with Gasteiger partial charge >= 0.3 is 0 Å². The molecule has 2 fully saturated rings. The lowest BCUT2D eigenvalue weighted by Crippen LogP contribution is -2.47. The standard InChI is InChI=1S/C27H27FN6O2.C27H25FN6O.4ClH/c1-17-5-6-19-21(31-17)3-2-4-22(19)33-13-11-32(12-14-33)10-9-18-20(28)7-8-23-26(18)36-15-24-25(27(29)35)30-16-34(23)24;1-18-5-6-20-22(31-18)3-2-4-24(20)33-13-11-32(12-14-33)10-9-19-21(28)7-8-25-27(19)35-16-26-23(15-29)30-17-34(25)26;;;;/h2-8,16H,9-15H2,1H3,(H2,29,35);2-8,17H,9-14,16H2,1H3;4*1H. The van der Waals surface area contributed by atoms with Gasteiger partial charge in [-0.2, -0.15) is 5.26 Å². The Morgan fingerprint density at radius 1 is 0.600 bits per heavy atom. The Balaban J connectivity index is 0.000000208. The number of piperazine rings is 2. The number of aromatic nitrogens is 6. The zero-order chi connectivity index (χ0) is 48.8. The van der Waals surface area contributed by atoms with Gasteiger partial charge in [-0.1, -0.05) is 12.1 Å². The average Bonchev–Trinajstić information content (AvgIpc) is 4.03. The van der Waals surface area contributed by atoms with E-state index >= 15 is 0 Å². The van der Waals surface area contributed by atoms with Crippen LogP contribution in [0.3, 0.4) is 0 Å². The van der Waals surface area contributed by atoms with E-state index in [9.17, 15) is 18.8 Å². The first kappa shape index (κ1) is 56.0. The van der Waals surface area contributed by atoms with E-state index in [2.05, 4.69) is 106 Å². The number of ether oxygens (including phenoxy) is 2. The van der Waals surface area contributed by atoms with E-state index in [0.717, 1.165) is 93.6 Å². The summed E-state index contributed by atoms with van der Waals surface area (Å²) in [5, 5.41) is 11.6. The highest BCUT2D eigenvalue weighted by atomic mass is 35.5. The Hall–Kier alpha value is -6.78. The van der Waals surface area contributed by atoms with Gasteiger partial charge in [0.2, 0.25) is 0 Å². The summed E-state index contributed by atoms with van der Waals surface area (Å²) in [4.78, 5) is 38.8. The van der Waals surface area contributed by atoms with Crippen LogP contribution in [-0.4, -0.2) is 110 Å². The minimum Gasteiger partial charge on any atom is -0.485 e. The molecule has 0 radical (unpaired) electrons. The zero-order valence-electron chi connectivity index (χ0n) is 41.2. The van der Waals surface area contributed by atoms with Crippen LogP contribution in [-0.2, 0) is 26.1 Å². The van der Waals surface area contributed by atoms with Crippen molar-refractivity contribution >= 4 is 88.7 Å². The summed E-state index contributed by atoms with van der Waals surface area (Å²) >= 11 is 0. The lowest BCUT2D eigenvalue weighted by atomic mass is 10.1. The molecule has 4 aromatic heterocycles. The van der Waals surface area contributed by atoms with Gasteiger partial charge in [-0.15, -0.1) is 49.6 Å². The second-order valence-corrected chi connectivity index (χ2v) is 18.4. The first-order valence-corrected chi connectivity index (χ1v) is 24.0. The molecule has 8 aromatic rings. The largest absolute Gasteiger partial charge is 0.485 e. The molecular formula is C54H56Cl4F2N12O3. The Kier molecular flexibility index (Phi) is 17.8. The van der Waals surface area contributed by atoms with Gasteiger partial charge in [0.05, 0.1) is 33.8 Å². The Morgan fingerprint density at radius 2 is 1.05 bits per heavy atom. The number of nitrogens with zero attached hydrogens (tertiary/aromatic N) is 11. The number of nitriles is 1. The van der Waals surface area contributed by atoms with Crippen LogP contribution in [0.2, 0.25) is 0 Å². The number of anilines is 2. The van der Waals surface area contributed by atoms with Crippen LogP contribution in [0.4, 0.5) is 20.2 Å². The number of carbonyl (C=O) groups excluding carboxylic acids is 1. The van der Waals surface area contributed by atoms with Gasteiger partial charge in [0, 0.05) is 110 Å². The third-order valence-corrected chi connectivity index (χ3v) is 14.1. The van der Waals surface area contributed by atoms with E-state index in [1.165, 1.54) is 34.3 Å². The maximum atomic E-state index is 14.9. The first-order chi connectivity index (χ1) is 34.6. The fourth-order valence-electron chi connectivity index (χ4n) is 10.4. The number of rotatable bonds is 9. The van der Waals surface area contributed by atoms with Gasteiger partial charge in [0.15, 0.2) is 11.4 Å². The van der Waals surface area contributed by atoms with Crippen LogP contribution in [0.25, 0.3) is 33.2 Å². The Bertz CT molecular complexity index is 3410. The Morgan fingerprint density at radius 3 is 1.52 bits per heavy atom. The maximum absolute atomic E-state index is 14.9. The molecule has 0 atom stereocenters. The maximum Gasteiger partial charge on any atom is 0.269 e. The van der Waals surface area contributed by atoms with Crippen LogP contribution in [0, 0.1) is 36.8 Å². The number of amides is 1. The highest BCUT2D eigenvalue weighted by Crippen LogP contribution is 2.38. The van der Waals surface area contributed by atoms with E-state index in [4.69, 9.17) is 15.2 Å². The van der Waals surface area contributed by atoms with Gasteiger partial charge in [0.1, 0.15) is 55.1 Å². The molecule has 12 rings (SSSR count). The van der Waals surface area contributed by atoms with Gasteiger partial charge < -0.3 is 25.0 Å². The quantitative estimate of drug-likeness (QED) is 0.147. The minimum atomic E-state index is -0.604. The second kappa shape index (κ2) is 23.8. The number of halogens is 6. The molecule has 21 heteroatoms. The van der Waals surface area contributed by atoms with Crippen molar-refractivity contribution in [2.75, 3.05) is 75.2 Å². The fourth-order valence-corrected chi connectivity index (χ4v) is 10.4. The molecule has 0 bridgehead atoms. The molecule has 4 aromatic carbocycles. The number of carbonyl (C=O) groups is 1. The van der Waals surface area contributed by atoms with Crippen LogP contribution in [0.15, 0.2) is 97.6 Å². The molecule has 75 heavy (non-hydrogen) atoms. The number of primary amides is 1. The zero-order valence-corrected chi connectivity index (χ0v) is 44.5. The first-order valence-electron chi connectivity index (χ1n) is 24.0. The molecule has 1 amide bonds. The van der Waals surface area contributed by atoms with Crippen LogP contribution in [0.5, 0.6) is 11.5 Å². The van der Waals surface area contributed by atoms with Crippen molar-refractivity contribution < 1.29 is 23.0 Å². The molecule has 0 aliphatic carbocycles. The number of aryl methyl sites for hydroxylation is 2. The van der Waals surface area contributed by atoms with Gasteiger partial charge in [-0.05, 0) is 99.5 Å². The Labute approximate surface area is 457 Å². The molecule has 4 aliphatic heterocycles. The number of hydrogen-bond acceptors (Lipinski definition) is 12. The minimum absolute atomic E-state index is 0. The van der Waals surface area contributed by atoms with Crippen molar-refractivity contribution in [3.63, 3.8) is 0 Å². The van der Waals surface area contributed by atoms with Crippen molar-refractivity contribution in [2.24, 2.45) is 5.73 Å². The van der Waals surface area contributed by atoms with Gasteiger partial charge in [-0.3, -0.25) is 33.7 Å². The van der Waals surface area contributed by atoms with Crippen LogP contribution in [0.1, 0.15) is 50.1 Å². The molecule has 2 saturated heterocycles. The van der Waals surface area contributed by atoms with E-state index in [1.807, 2.05) is 18.4 Å². The average molecular weight is 1100 g/mol. The summed E-state index contributed by atoms with van der Waals surface area (Å²) in [6.07, 6.45) is 4.24. The topological polar surface area (TPSA) is 160 Å². The lowest BCUT2D eigenvalue weighted by molar-refractivity contribution is 0.0992. The molecule has 8 heterocycles. The summed E-state index contributed by atoms with van der Waals surface area (Å²) in [5.74, 6) is -0.0912. The third-order valence-electron chi connectivity index (χ3n) is 14.1. The summed E-state index contributed by atoms with van der Waals surface area (Å²) in [6.45, 7) is 13.0. The molecule has 15 nitrogen and oxygen atoms in total. The molecule has 392 valence electrons. The monoisotopic (exact) mass is 1100 g/mol. The van der Waals surface area contributed by atoms with Gasteiger partial charge in [-0.25, -0.2) is 18.7 Å². The molecule has 4 aliphatic rings. The normalized spacial score (nSPS) is 14.6. The number of hydrogen-bond donors (Lipinski definition) is 1. The predicted molar refractivity (Wildman–Crippen MR) is 296 cm³/mol. The van der Waals surface area contributed by atoms with Crippen molar-refractivity contribution in [3.8, 4) is 28.9 Å². The summed E-state index contributed by atoms with van der Waals surface area (Å²) in [5.41, 5.74) is 16.3. The van der Waals surface area contributed by atoms with Crippen LogP contribution < -0.4 is 25.0 Å². The lowest BCUT2D eigenvalue weighted by Gasteiger charge is -2.36. The number of benzene rings is 4. The number of nitrogens with two attached hydrogens (primary N) is 1. The second-order valence-electron chi connectivity index (χ2n) is 18.4. The van der Waals surface area contributed by atoms with Crippen LogP contribution >= 0.6 is 49.6 Å². The smallest absolute Gasteiger partial charge is 0.269 e. The van der Waals surface area contributed by atoms with Gasteiger partial charge in [0.25, 0.3) is 5.91 Å². The van der Waals surface area contributed by atoms with Crippen molar-refractivity contribution in [1.29, 1.82) is 5.26 Å². The fraction of sp³-hybridized carbons (Fsp3) is 0.296. The van der Waals surface area contributed by atoms with E-state index in [-0.39, 0.29) is 80.2 Å². The molecule has 0 unspecified atom stereocenters. The number of imidazole rings is 2. The molecule has 0 saturated carbocycles. The summed E-state index contributed by atoms with van der Waals surface area (Å²) < 4.78 is 45.2. The van der Waals surface area contributed by atoms with Crippen molar-refractivity contribution in [1.82, 2.24) is 38.9 Å². The molecule has 0 spiro atoms. The summed E-state index contributed by atoms with van der Waals surface area (Å²) in [6, 6.07) is 29.4. The highest BCUT2D eigenvalue weighted by Gasteiger charge is 2.29. The third kappa shape index (κ3) is 11.0. The summed E-state index contributed by atoms with van der Waals surface area (Å²) in [7, 11) is 0. The van der Waals surface area contributed by atoms with Crippen molar-refractivity contribution in [2.45, 2.75) is 39.9 Å². The predicted octanol–water partition coefficient (Wildman–Crippen LogP) is 8.91. The van der Waals surface area contributed by atoms with E-state index in [1.54, 1.807) is 29.4 Å². The van der Waals surface area contributed by atoms with E-state index in [0.29, 0.717) is 58.2 Å². The highest BCUT2D eigenvalue weighted by molar-refractivity contribution is 5.93. The SMILES string of the molecule is Cc1ccc2c(N3CCN(CCc4c(F)ccc5c4OCc4c(C#N)ncn4-5)CC3)cccc2n1.Cc1ccc2c(N3CCN(CCc4c(F)ccc5c4OCc4c(C(N)=O)ncn4-5)CC3)cccc2n1.Cl.Cl.Cl.Cl. The van der Waals surface area contributed by atoms with E-state index < -0.39 is 5.91 Å². The molecule has 2 N–H and O–H groups in total. The number of fused-ring (bicyclic) bond motifs is 8.